The number of benzene rings is 1. The standard InChI is InChI=1S/C25H39N3O6/c1-6-7-8-9-10-11-12-13-21(29)27-19-14-18(23(31)32)15-20(16-19)28-22(30)17(2)26-24(33)34-25(3,4)5/h14-17H,6-13H2,1-5H3,(H,26,33)(H,27,29)(H,28,30)(H,31,32)/t17-/m0/s1. The SMILES string of the molecule is CCCCCCCCCC(=O)Nc1cc(NC(=O)[C@H](C)NC(=O)OC(C)(C)C)cc(C(=O)O)c1. The Hall–Kier alpha value is -3.10. The number of ether oxygens (including phenoxy) is 1. The number of aromatic carboxylic acids is 1. The Bertz CT molecular complexity index is 848. The van der Waals surface area contributed by atoms with Gasteiger partial charge in [0.15, 0.2) is 0 Å². The lowest BCUT2D eigenvalue weighted by atomic mass is 10.1. The molecule has 1 aromatic carbocycles. The van der Waals surface area contributed by atoms with Crippen LogP contribution in [0.15, 0.2) is 18.2 Å². The minimum Gasteiger partial charge on any atom is -0.478 e. The summed E-state index contributed by atoms with van der Waals surface area (Å²) in [5.74, 6) is -1.97. The molecule has 1 aromatic rings. The molecular formula is C25H39N3O6. The Morgan fingerprint density at radius 3 is 2.03 bits per heavy atom. The monoisotopic (exact) mass is 477 g/mol. The maximum atomic E-state index is 12.5. The quantitative estimate of drug-likeness (QED) is 0.284. The summed E-state index contributed by atoms with van der Waals surface area (Å²) in [5.41, 5.74) is -0.334. The van der Waals surface area contributed by atoms with Crippen molar-refractivity contribution in [3.05, 3.63) is 23.8 Å². The smallest absolute Gasteiger partial charge is 0.408 e. The highest BCUT2D eigenvalue weighted by atomic mass is 16.6. The Kier molecular flexibility index (Phi) is 12.1. The molecule has 0 saturated heterocycles. The van der Waals surface area contributed by atoms with E-state index in [1.165, 1.54) is 50.8 Å². The Morgan fingerprint density at radius 2 is 1.47 bits per heavy atom. The second-order valence-corrected chi connectivity index (χ2v) is 9.38. The van der Waals surface area contributed by atoms with Crippen LogP contribution < -0.4 is 16.0 Å². The van der Waals surface area contributed by atoms with Gasteiger partial charge in [0.2, 0.25) is 11.8 Å². The van der Waals surface area contributed by atoms with Crippen molar-refractivity contribution in [1.29, 1.82) is 0 Å². The Morgan fingerprint density at radius 1 is 0.912 bits per heavy atom. The largest absolute Gasteiger partial charge is 0.478 e. The van der Waals surface area contributed by atoms with Gasteiger partial charge in [0.25, 0.3) is 0 Å². The number of nitrogens with one attached hydrogen (secondary N) is 3. The minimum absolute atomic E-state index is 0.0863. The molecule has 0 aromatic heterocycles. The van der Waals surface area contributed by atoms with Gasteiger partial charge in [-0.2, -0.15) is 0 Å². The van der Waals surface area contributed by atoms with Crippen molar-refractivity contribution < 1.29 is 29.0 Å². The van der Waals surface area contributed by atoms with Crippen LogP contribution in [-0.4, -0.2) is 40.6 Å². The molecule has 0 aliphatic carbocycles. The van der Waals surface area contributed by atoms with E-state index < -0.39 is 29.6 Å². The molecule has 0 heterocycles. The Labute approximate surface area is 202 Å². The number of hydrogen-bond donors (Lipinski definition) is 4. The number of carbonyl (C=O) groups excluding carboxylic acids is 3. The van der Waals surface area contributed by atoms with Gasteiger partial charge in [-0.3, -0.25) is 9.59 Å². The van der Waals surface area contributed by atoms with Crippen LogP contribution in [0.1, 0.15) is 96.3 Å². The number of carboxylic acid groups (broad SMARTS) is 1. The zero-order chi connectivity index (χ0) is 25.7. The van der Waals surface area contributed by atoms with E-state index in [1.807, 2.05) is 0 Å². The molecule has 0 bridgehead atoms. The van der Waals surface area contributed by atoms with E-state index >= 15 is 0 Å². The second-order valence-electron chi connectivity index (χ2n) is 9.38. The lowest BCUT2D eigenvalue weighted by Crippen LogP contribution is -2.44. The number of unbranched alkanes of at least 4 members (excludes halogenated alkanes) is 6. The number of rotatable bonds is 13. The number of alkyl carbamates (subject to hydrolysis) is 1. The number of amides is 3. The lowest BCUT2D eigenvalue weighted by Gasteiger charge is -2.21. The van der Waals surface area contributed by atoms with Crippen molar-refractivity contribution in [3.8, 4) is 0 Å². The summed E-state index contributed by atoms with van der Waals surface area (Å²) >= 11 is 0. The predicted octanol–water partition coefficient (Wildman–Crippen LogP) is 5.32. The summed E-state index contributed by atoms with van der Waals surface area (Å²) in [4.78, 5) is 48.2. The van der Waals surface area contributed by atoms with Crippen LogP contribution in [0.2, 0.25) is 0 Å². The van der Waals surface area contributed by atoms with Crippen molar-refractivity contribution in [2.24, 2.45) is 0 Å². The van der Waals surface area contributed by atoms with E-state index in [1.54, 1.807) is 20.8 Å². The summed E-state index contributed by atoms with van der Waals surface area (Å²) in [6.07, 6.45) is 7.22. The molecule has 0 aliphatic rings. The molecule has 4 N–H and O–H groups in total. The van der Waals surface area contributed by atoms with E-state index in [0.29, 0.717) is 6.42 Å². The van der Waals surface area contributed by atoms with Gasteiger partial charge < -0.3 is 25.8 Å². The highest BCUT2D eigenvalue weighted by molar-refractivity contribution is 6.00. The molecule has 0 fully saturated rings. The van der Waals surface area contributed by atoms with Gasteiger partial charge in [-0.1, -0.05) is 45.4 Å². The van der Waals surface area contributed by atoms with Crippen LogP contribution in [0.3, 0.4) is 0 Å². The van der Waals surface area contributed by atoms with Gasteiger partial charge in [0, 0.05) is 17.8 Å². The second kappa shape index (κ2) is 14.2. The van der Waals surface area contributed by atoms with Crippen LogP contribution >= 0.6 is 0 Å². The minimum atomic E-state index is -1.20. The van der Waals surface area contributed by atoms with Gasteiger partial charge in [-0.05, 0) is 52.3 Å². The molecule has 0 radical (unpaired) electrons. The average Bonchev–Trinajstić information content (AvgIpc) is 2.71. The number of carboxylic acids is 1. The normalized spacial score (nSPS) is 11.9. The zero-order valence-corrected chi connectivity index (χ0v) is 21.0. The molecule has 1 rings (SSSR count). The summed E-state index contributed by atoms with van der Waals surface area (Å²) in [6.45, 7) is 8.77. The first-order chi connectivity index (χ1) is 15.9. The first-order valence-electron chi connectivity index (χ1n) is 11.9. The van der Waals surface area contributed by atoms with E-state index in [0.717, 1.165) is 19.3 Å². The molecular weight excluding hydrogens is 438 g/mol. The van der Waals surface area contributed by atoms with Gasteiger partial charge in [-0.15, -0.1) is 0 Å². The Balaban J connectivity index is 2.69. The molecule has 0 unspecified atom stereocenters. The van der Waals surface area contributed by atoms with Crippen molar-refractivity contribution in [1.82, 2.24) is 5.32 Å². The van der Waals surface area contributed by atoms with Gasteiger partial charge in [-0.25, -0.2) is 9.59 Å². The third-order valence-corrected chi connectivity index (χ3v) is 4.87. The first kappa shape index (κ1) is 28.9. The molecule has 0 aliphatic heterocycles. The van der Waals surface area contributed by atoms with Crippen LogP contribution in [0.4, 0.5) is 16.2 Å². The van der Waals surface area contributed by atoms with Gasteiger partial charge in [0.1, 0.15) is 11.6 Å². The fraction of sp³-hybridized carbons (Fsp3) is 0.600. The maximum absolute atomic E-state index is 12.5. The molecule has 9 nitrogen and oxygen atoms in total. The van der Waals surface area contributed by atoms with Gasteiger partial charge >= 0.3 is 12.1 Å². The number of hydrogen-bond acceptors (Lipinski definition) is 5. The summed E-state index contributed by atoms with van der Waals surface area (Å²) < 4.78 is 5.13. The van der Waals surface area contributed by atoms with Crippen molar-refractivity contribution in [3.63, 3.8) is 0 Å². The highest BCUT2D eigenvalue weighted by Gasteiger charge is 2.21. The van der Waals surface area contributed by atoms with Crippen LogP contribution in [0.5, 0.6) is 0 Å². The summed E-state index contributed by atoms with van der Waals surface area (Å²) in [5, 5.41) is 17.1. The van der Waals surface area contributed by atoms with E-state index in [9.17, 15) is 24.3 Å². The van der Waals surface area contributed by atoms with E-state index in [-0.39, 0.29) is 22.8 Å². The van der Waals surface area contributed by atoms with E-state index in [2.05, 4.69) is 22.9 Å². The molecule has 190 valence electrons. The number of carbonyl (C=O) groups is 4. The van der Waals surface area contributed by atoms with E-state index in [4.69, 9.17) is 4.74 Å². The number of anilines is 2. The van der Waals surface area contributed by atoms with Crippen LogP contribution in [0.25, 0.3) is 0 Å². The van der Waals surface area contributed by atoms with Crippen molar-refractivity contribution in [2.45, 2.75) is 97.6 Å². The predicted molar refractivity (Wildman–Crippen MR) is 132 cm³/mol. The fourth-order valence-electron chi connectivity index (χ4n) is 3.16. The molecule has 0 spiro atoms. The first-order valence-corrected chi connectivity index (χ1v) is 11.9. The maximum Gasteiger partial charge on any atom is 0.408 e. The average molecular weight is 478 g/mol. The van der Waals surface area contributed by atoms with Gasteiger partial charge in [0.05, 0.1) is 5.56 Å². The molecule has 0 saturated carbocycles. The summed E-state index contributed by atoms with van der Waals surface area (Å²) in [6, 6.07) is 3.17. The topological polar surface area (TPSA) is 134 Å². The molecule has 34 heavy (non-hydrogen) atoms. The third-order valence-electron chi connectivity index (χ3n) is 4.87. The lowest BCUT2D eigenvalue weighted by molar-refractivity contribution is -0.118. The van der Waals surface area contributed by atoms with Crippen LogP contribution in [0, 0.1) is 0 Å². The van der Waals surface area contributed by atoms with Crippen molar-refractivity contribution >= 4 is 35.3 Å². The fourth-order valence-corrected chi connectivity index (χ4v) is 3.16. The third kappa shape index (κ3) is 12.2. The van der Waals surface area contributed by atoms with Crippen LogP contribution in [-0.2, 0) is 14.3 Å². The zero-order valence-electron chi connectivity index (χ0n) is 21.0. The summed E-state index contributed by atoms with van der Waals surface area (Å²) in [7, 11) is 0. The highest BCUT2D eigenvalue weighted by Crippen LogP contribution is 2.20. The molecule has 1 atom stereocenters. The molecule has 9 heteroatoms. The molecule has 3 amide bonds. The van der Waals surface area contributed by atoms with Crippen molar-refractivity contribution in [2.75, 3.05) is 10.6 Å².